The van der Waals surface area contributed by atoms with Crippen LogP contribution in [0.15, 0.2) is 35.6 Å². The Bertz CT molecular complexity index is 630. The zero-order valence-corrected chi connectivity index (χ0v) is 12.7. The van der Waals surface area contributed by atoms with Crippen molar-refractivity contribution in [3.63, 3.8) is 0 Å². The lowest BCUT2D eigenvalue weighted by atomic mass is 10.2. The smallest absolute Gasteiger partial charge is 0.177 e. The summed E-state index contributed by atoms with van der Waals surface area (Å²) in [7, 11) is 1.90. The van der Waals surface area contributed by atoms with Crippen molar-refractivity contribution in [2.75, 3.05) is 7.05 Å². The molecule has 0 saturated carbocycles. The molecule has 0 atom stereocenters. The average molecular weight is 368 g/mol. The van der Waals surface area contributed by atoms with Crippen LogP contribution in [0.4, 0.5) is 0 Å². The van der Waals surface area contributed by atoms with Gasteiger partial charge in [0.1, 0.15) is 3.70 Å². The van der Waals surface area contributed by atoms with E-state index in [1.54, 1.807) is 0 Å². The minimum absolute atomic E-state index is 0.822. The van der Waals surface area contributed by atoms with Crippen molar-refractivity contribution >= 4 is 28.4 Å². The normalized spacial score (nSPS) is 14.5. The van der Waals surface area contributed by atoms with Crippen LogP contribution in [-0.2, 0) is 0 Å². The average Bonchev–Trinajstić information content (AvgIpc) is 2.97. The molecule has 6 nitrogen and oxygen atoms in total. The molecule has 0 amide bonds. The fourth-order valence-electron chi connectivity index (χ4n) is 1.87. The van der Waals surface area contributed by atoms with Gasteiger partial charge in [0.05, 0.1) is 17.4 Å². The number of hydrazine groups is 2. The first-order valence-electron chi connectivity index (χ1n) is 5.80. The van der Waals surface area contributed by atoms with Gasteiger partial charge in [0.25, 0.3) is 0 Å². The second-order valence-electron chi connectivity index (χ2n) is 4.31. The molecular formula is C12H13IN6. The second-order valence-corrected chi connectivity index (χ2v) is 5.34. The number of benzene rings is 1. The van der Waals surface area contributed by atoms with Gasteiger partial charge >= 0.3 is 0 Å². The summed E-state index contributed by atoms with van der Waals surface area (Å²) < 4.78 is 2.93. The zero-order chi connectivity index (χ0) is 13.4. The number of nitrogens with one attached hydrogen (secondary N) is 2. The van der Waals surface area contributed by atoms with Crippen LogP contribution in [0, 0.1) is 10.6 Å². The van der Waals surface area contributed by atoms with E-state index in [2.05, 4.69) is 75.0 Å². The van der Waals surface area contributed by atoms with E-state index in [0.29, 0.717) is 0 Å². The maximum absolute atomic E-state index is 4.44. The van der Waals surface area contributed by atoms with E-state index >= 15 is 0 Å². The predicted molar refractivity (Wildman–Crippen MR) is 81.6 cm³/mol. The zero-order valence-electron chi connectivity index (χ0n) is 10.6. The van der Waals surface area contributed by atoms with E-state index in [0.717, 1.165) is 20.8 Å². The van der Waals surface area contributed by atoms with Gasteiger partial charge in [0, 0.05) is 7.05 Å². The summed E-state index contributed by atoms with van der Waals surface area (Å²) in [5.74, 6) is 0.822. The molecule has 1 aromatic heterocycles. The van der Waals surface area contributed by atoms with Crippen LogP contribution >= 0.6 is 22.6 Å². The third kappa shape index (κ3) is 2.19. The Morgan fingerprint density at radius 1 is 1.21 bits per heavy atom. The summed E-state index contributed by atoms with van der Waals surface area (Å²) in [5, 5.41) is 10.5. The number of rotatable bonds is 2. The van der Waals surface area contributed by atoms with E-state index in [4.69, 9.17) is 0 Å². The molecule has 98 valence electrons. The fraction of sp³-hybridized carbons (Fsp3) is 0.167. The molecule has 0 saturated heterocycles. The lowest BCUT2D eigenvalue weighted by molar-refractivity contribution is 0.349. The van der Waals surface area contributed by atoms with Gasteiger partial charge in [-0.15, -0.1) is 10.6 Å². The van der Waals surface area contributed by atoms with Crippen molar-refractivity contribution < 1.29 is 0 Å². The Hall–Kier alpha value is -1.61. The highest BCUT2D eigenvalue weighted by molar-refractivity contribution is 14.1. The first kappa shape index (κ1) is 12.4. The van der Waals surface area contributed by atoms with Crippen LogP contribution in [0.25, 0.3) is 5.69 Å². The third-order valence-electron chi connectivity index (χ3n) is 2.93. The molecule has 19 heavy (non-hydrogen) atoms. The van der Waals surface area contributed by atoms with Crippen molar-refractivity contribution in [2.24, 2.45) is 5.10 Å². The maximum Gasteiger partial charge on any atom is 0.177 e. The Morgan fingerprint density at radius 2 is 1.95 bits per heavy atom. The highest BCUT2D eigenvalue weighted by Gasteiger charge is 2.21. The lowest BCUT2D eigenvalue weighted by Gasteiger charge is -2.11. The van der Waals surface area contributed by atoms with Gasteiger partial charge in [-0.25, -0.2) is 10.2 Å². The number of hydrogen-bond acceptors (Lipinski definition) is 5. The molecule has 1 aromatic carbocycles. The highest BCUT2D eigenvalue weighted by atomic mass is 127. The van der Waals surface area contributed by atoms with E-state index in [1.807, 2.05) is 22.9 Å². The molecule has 7 heteroatoms. The number of hydrazone groups is 1. The Morgan fingerprint density at radius 3 is 2.58 bits per heavy atom. The van der Waals surface area contributed by atoms with Crippen LogP contribution < -0.4 is 11.1 Å². The SMILES string of the molecule is Cc1ccc(-n2ncc(C3=NNNN3C)c2I)cc1. The highest BCUT2D eigenvalue weighted by Crippen LogP contribution is 2.19. The predicted octanol–water partition coefficient (Wildman–Crippen LogP) is 1.40. The fourth-order valence-corrected chi connectivity index (χ4v) is 2.65. The molecule has 0 aliphatic carbocycles. The van der Waals surface area contributed by atoms with Crippen LogP contribution in [0.2, 0.25) is 0 Å². The quantitative estimate of drug-likeness (QED) is 0.787. The molecule has 2 heterocycles. The Balaban J connectivity index is 2.01. The summed E-state index contributed by atoms with van der Waals surface area (Å²) in [4.78, 5) is 0. The molecule has 2 N–H and O–H groups in total. The number of hydrogen-bond donors (Lipinski definition) is 2. The van der Waals surface area contributed by atoms with Gasteiger partial charge in [-0.05, 0) is 41.6 Å². The van der Waals surface area contributed by atoms with Crippen molar-refractivity contribution in [3.05, 3.63) is 45.3 Å². The minimum Gasteiger partial charge on any atom is -0.274 e. The molecular weight excluding hydrogens is 355 g/mol. The Kier molecular flexibility index (Phi) is 3.15. The van der Waals surface area contributed by atoms with Gasteiger partial charge in [-0.2, -0.15) is 5.10 Å². The molecule has 2 aromatic rings. The lowest BCUT2D eigenvalue weighted by Crippen LogP contribution is -2.37. The molecule has 0 bridgehead atoms. The molecule has 1 aliphatic heterocycles. The number of aryl methyl sites for hydroxylation is 1. The van der Waals surface area contributed by atoms with Crippen LogP contribution in [0.3, 0.4) is 0 Å². The summed E-state index contributed by atoms with van der Waals surface area (Å²) in [5.41, 5.74) is 8.89. The van der Waals surface area contributed by atoms with Crippen LogP contribution in [-0.4, -0.2) is 27.7 Å². The van der Waals surface area contributed by atoms with Crippen molar-refractivity contribution in [3.8, 4) is 5.69 Å². The van der Waals surface area contributed by atoms with Gasteiger partial charge in [0.15, 0.2) is 5.84 Å². The van der Waals surface area contributed by atoms with E-state index < -0.39 is 0 Å². The summed E-state index contributed by atoms with van der Waals surface area (Å²) >= 11 is 2.29. The number of halogens is 1. The van der Waals surface area contributed by atoms with Crippen molar-refractivity contribution in [1.29, 1.82) is 0 Å². The first-order chi connectivity index (χ1) is 9.16. The van der Waals surface area contributed by atoms with E-state index in [-0.39, 0.29) is 0 Å². The van der Waals surface area contributed by atoms with Gasteiger partial charge < -0.3 is 0 Å². The van der Waals surface area contributed by atoms with Crippen molar-refractivity contribution in [2.45, 2.75) is 6.92 Å². The standard InChI is InChI=1S/C12H13IN6/c1-8-3-5-9(6-4-8)19-11(13)10(7-14-19)12-15-16-17-18(12)2/h3-7,16-17H,1-2H3. The number of nitrogens with zero attached hydrogens (tertiary/aromatic N) is 4. The third-order valence-corrected chi connectivity index (χ3v) is 3.97. The van der Waals surface area contributed by atoms with Crippen LogP contribution in [0.5, 0.6) is 0 Å². The summed E-state index contributed by atoms with van der Waals surface area (Å²) in [6, 6.07) is 8.28. The summed E-state index contributed by atoms with van der Waals surface area (Å²) in [6.45, 7) is 2.07. The second kappa shape index (κ2) is 4.82. The van der Waals surface area contributed by atoms with Gasteiger partial charge in [-0.1, -0.05) is 17.7 Å². The Labute approximate surface area is 124 Å². The van der Waals surface area contributed by atoms with Gasteiger partial charge in [-0.3, -0.25) is 5.01 Å². The molecule has 0 unspecified atom stereocenters. The van der Waals surface area contributed by atoms with Gasteiger partial charge in [0.2, 0.25) is 0 Å². The maximum atomic E-state index is 4.44. The van der Waals surface area contributed by atoms with Crippen molar-refractivity contribution in [1.82, 2.24) is 25.9 Å². The molecule has 0 radical (unpaired) electrons. The molecule has 0 fully saturated rings. The monoisotopic (exact) mass is 368 g/mol. The molecule has 1 aliphatic rings. The number of amidine groups is 1. The number of aromatic nitrogens is 2. The van der Waals surface area contributed by atoms with E-state index in [1.165, 1.54) is 5.56 Å². The largest absolute Gasteiger partial charge is 0.274 e. The molecule has 0 spiro atoms. The van der Waals surface area contributed by atoms with Crippen LogP contribution in [0.1, 0.15) is 11.1 Å². The topological polar surface area (TPSA) is 57.5 Å². The minimum atomic E-state index is 0.822. The summed E-state index contributed by atoms with van der Waals surface area (Å²) in [6.07, 6.45) is 1.83. The van der Waals surface area contributed by atoms with E-state index in [9.17, 15) is 0 Å². The first-order valence-corrected chi connectivity index (χ1v) is 6.87. The molecule has 3 rings (SSSR count).